The van der Waals surface area contributed by atoms with Crippen LogP contribution in [0.2, 0.25) is 0 Å². The molecule has 3 aromatic rings. The quantitative estimate of drug-likeness (QED) is 0.768. The lowest BCUT2D eigenvalue weighted by Crippen LogP contribution is -2.56. The van der Waals surface area contributed by atoms with Crippen LogP contribution >= 0.6 is 0 Å². The molecule has 1 atom stereocenters. The average molecular weight is 368 g/mol. The van der Waals surface area contributed by atoms with E-state index < -0.39 is 5.54 Å². The topological polar surface area (TPSA) is 68.5 Å². The summed E-state index contributed by atoms with van der Waals surface area (Å²) in [6.07, 6.45) is 2.72. The molecule has 1 saturated heterocycles. The van der Waals surface area contributed by atoms with Crippen molar-refractivity contribution in [2.45, 2.75) is 38.8 Å². The van der Waals surface area contributed by atoms with E-state index in [0.717, 1.165) is 13.0 Å². The Balaban J connectivity index is 1.71. The maximum atomic E-state index is 13.2. The number of amides is 1. The monoisotopic (exact) mass is 368 g/mol. The van der Waals surface area contributed by atoms with E-state index in [1.807, 2.05) is 20.8 Å². The van der Waals surface area contributed by atoms with Gasteiger partial charge in [0.25, 0.3) is 5.91 Å². The third-order valence-corrected chi connectivity index (χ3v) is 4.97. The first kappa shape index (κ1) is 17.6. The van der Waals surface area contributed by atoms with Gasteiger partial charge in [-0.2, -0.15) is 0 Å². The molecule has 4 rings (SSSR count). The number of halogens is 1. The molecule has 140 valence electrons. The highest BCUT2D eigenvalue weighted by atomic mass is 19.1. The largest absolute Gasteiger partial charge is 0.376 e. The number of nitrogens with one attached hydrogen (secondary N) is 1. The van der Waals surface area contributed by atoms with Gasteiger partial charge in [0.1, 0.15) is 11.6 Å². The highest BCUT2D eigenvalue weighted by Crippen LogP contribution is 2.25. The predicted molar refractivity (Wildman–Crippen MR) is 99.0 cm³/mol. The summed E-state index contributed by atoms with van der Waals surface area (Å²) in [4.78, 5) is 21.9. The Kier molecular flexibility index (Phi) is 4.19. The summed E-state index contributed by atoms with van der Waals surface area (Å²) in [5.74, 6) is 0.621. The Hall–Kier alpha value is -2.80. The maximum absolute atomic E-state index is 13.2. The number of fused-ring (bicyclic) bond motifs is 1. The molecule has 2 aromatic heterocycles. The first-order chi connectivity index (χ1) is 12.8. The molecule has 7 heteroatoms. The summed E-state index contributed by atoms with van der Waals surface area (Å²) < 4.78 is 20.5. The molecule has 0 saturated carbocycles. The van der Waals surface area contributed by atoms with Crippen molar-refractivity contribution in [3.05, 3.63) is 53.7 Å². The molecule has 1 fully saturated rings. The molecular formula is C20H21FN4O2. The van der Waals surface area contributed by atoms with Crippen molar-refractivity contribution in [1.82, 2.24) is 19.7 Å². The van der Waals surface area contributed by atoms with Crippen LogP contribution in [-0.2, 0) is 4.74 Å². The van der Waals surface area contributed by atoms with Gasteiger partial charge < -0.3 is 10.1 Å². The average Bonchev–Trinajstić information content (AvgIpc) is 2.97. The van der Waals surface area contributed by atoms with Crippen molar-refractivity contribution in [3.63, 3.8) is 0 Å². The highest BCUT2D eigenvalue weighted by Gasteiger charge is 2.37. The van der Waals surface area contributed by atoms with Gasteiger partial charge in [-0.15, -0.1) is 0 Å². The fourth-order valence-corrected chi connectivity index (χ4v) is 3.28. The first-order valence-electron chi connectivity index (χ1n) is 8.91. The number of benzene rings is 1. The standard InChI is InChI=1S/C20H21FN4O2/c1-12-22-17(13-4-6-14(21)7-5-13)23-18-15(8-10-25(12)18)19(26)24-20(2,3)16-9-11-27-16/h4-8,10,16H,9,11H2,1-3H3,(H,24,26). The van der Waals surface area contributed by atoms with Gasteiger partial charge in [0.2, 0.25) is 0 Å². The van der Waals surface area contributed by atoms with Crippen LogP contribution in [0.15, 0.2) is 36.5 Å². The molecule has 0 radical (unpaired) electrons. The Bertz CT molecular complexity index is 1010. The van der Waals surface area contributed by atoms with Crippen molar-refractivity contribution in [1.29, 1.82) is 0 Å². The zero-order chi connectivity index (χ0) is 19.2. The van der Waals surface area contributed by atoms with Crippen LogP contribution in [0.4, 0.5) is 4.39 Å². The van der Waals surface area contributed by atoms with E-state index in [4.69, 9.17) is 4.74 Å². The van der Waals surface area contributed by atoms with Crippen LogP contribution in [0.3, 0.4) is 0 Å². The van der Waals surface area contributed by atoms with Gasteiger partial charge >= 0.3 is 0 Å². The SMILES string of the molecule is Cc1nc(-c2ccc(F)cc2)nc2c(C(=O)NC(C)(C)C3CCO3)ccn12. The number of hydrogen-bond acceptors (Lipinski definition) is 4. The van der Waals surface area contributed by atoms with E-state index in [0.29, 0.717) is 28.4 Å². The van der Waals surface area contributed by atoms with Crippen molar-refractivity contribution in [2.75, 3.05) is 6.61 Å². The van der Waals surface area contributed by atoms with Crippen LogP contribution in [0, 0.1) is 12.7 Å². The number of rotatable bonds is 4. The molecule has 6 nitrogen and oxygen atoms in total. The zero-order valence-corrected chi connectivity index (χ0v) is 15.5. The van der Waals surface area contributed by atoms with E-state index in [1.165, 1.54) is 12.1 Å². The van der Waals surface area contributed by atoms with Crippen molar-refractivity contribution < 1.29 is 13.9 Å². The van der Waals surface area contributed by atoms with Gasteiger partial charge in [-0.05, 0) is 57.5 Å². The fraction of sp³-hybridized carbons (Fsp3) is 0.350. The first-order valence-corrected chi connectivity index (χ1v) is 8.91. The third-order valence-electron chi connectivity index (χ3n) is 4.97. The summed E-state index contributed by atoms with van der Waals surface area (Å²) in [6.45, 7) is 6.48. The molecule has 1 N–H and O–H groups in total. The Labute approximate surface area is 156 Å². The molecule has 0 aliphatic carbocycles. The van der Waals surface area contributed by atoms with E-state index in [2.05, 4.69) is 15.3 Å². The normalized spacial score (nSPS) is 17.0. The minimum absolute atomic E-state index is 0.0152. The lowest BCUT2D eigenvalue weighted by molar-refractivity contribution is -0.0927. The number of hydrogen-bond donors (Lipinski definition) is 1. The number of carbonyl (C=O) groups is 1. The van der Waals surface area contributed by atoms with Gasteiger partial charge in [0, 0.05) is 18.4 Å². The molecule has 1 unspecified atom stereocenters. The molecule has 3 heterocycles. The number of aryl methyl sites for hydroxylation is 1. The highest BCUT2D eigenvalue weighted by molar-refractivity contribution is 6.00. The van der Waals surface area contributed by atoms with E-state index in [1.54, 1.807) is 28.8 Å². The molecule has 27 heavy (non-hydrogen) atoms. The Morgan fingerprint density at radius 2 is 1.96 bits per heavy atom. The van der Waals surface area contributed by atoms with E-state index in [-0.39, 0.29) is 17.8 Å². The van der Waals surface area contributed by atoms with Crippen LogP contribution in [0.5, 0.6) is 0 Å². The van der Waals surface area contributed by atoms with Crippen LogP contribution in [0.25, 0.3) is 17.0 Å². The molecule has 0 bridgehead atoms. The van der Waals surface area contributed by atoms with E-state index in [9.17, 15) is 9.18 Å². The van der Waals surface area contributed by atoms with Gasteiger partial charge in [0.05, 0.1) is 17.2 Å². The van der Waals surface area contributed by atoms with Crippen LogP contribution in [-0.4, -0.2) is 38.5 Å². The van der Waals surface area contributed by atoms with Crippen molar-refractivity contribution in [3.8, 4) is 11.4 Å². The summed E-state index contributed by atoms with van der Waals surface area (Å²) in [6, 6.07) is 7.72. The van der Waals surface area contributed by atoms with Gasteiger partial charge in [-0.25, -0.2) is 14.4 Å². The summed E-state index contributed by atoms with van der Waals surface area (Å²) >= 11 is 0. The second-order valence-corrected chi connectivity index (χ2v) is 7.35. The van der Waals surface area contributed by atoms with Crippen LogP contribution < -0.4 is 5.32 Å². The Morgan fingerprint density at radius 3 is 2.59 bits per heavy atom. The molecule has 0 spiro atoms. The third kappa shape index (κ3) is 3.19. The number of aromatic nitrogens is 3. The van der Waals surface area contributed by atoms with Crippen molar-refractivity contribution in [2.24, 2.45) is 0 Å². The van der Waals surface area contributed by atoms with Gasteiger partial charge in [0.15, 0.2) is 11.5 Å². The van der Waals surface area contributed by atoms with E-state index >= 15 is 0 Å². The van der Waals surface area contributed by atoms with Crippen molar-refractivity contribution >= 4 is 11.6 Å². The van der Waals surface area contributed by atoms with Crippen LogP contribution in [0.1, 0.15) is 36.5 Å². The second-order valence-electron chi connectivity index (χ2n) is 7.35. The summed E-state index contributed by atoms with van der Waals surface area (Å²) in [5, 5.41) is 3.05. The number of ether oxygens (including phenoxy) is 1. The minimum atomic E-state index is -0.467. The molecular weight excluding hydrogens is 347 g/mol. The molecule has 1 amide bonds. The zero-order valence-electron chi connectivity index (χ0n) is 15.5. The van der Waals surface area contributed by atoms with Gasteiger partial charge in [-0.3, -0.25) is 9.20 Å². The lowest BCUT2D eigenvalue weighted by atomic mass is 9.91. The number of nitrogens with zero attached hydrogens (tertiary/aromatic N) is 3. The maximum Gasteiger partial charge on any atom is 0.255 e. The molecule has 1 aliphatic heterocycles. The fourth-order valence-electron chi connectivity index (χ4n) is 3.28. The minimum Gasteiger partial charge on any atom is -0.376 e. The Morgan fingerprint density at radius 1 is 1.26 bits per heavy atom. The smallest absolute Gasteiger partial charge is 0.255 e. The number of carbonyl (C=O) groups excluding carboxylic acids is 1. The van der Waals surface area contributed by atoms with Gasteiger partial charge in [-0.1, -0.05) is 0 Å². The molecule has 1 aliphatic rings. The predicted octanol–water partition coefficient (Wildman–Crippen LogP) is 3.14. The lowest BCUT2D eigenvalue weighted by Gasteiger charge is -2.40. The summed E-state index contributed by atoms with van der Waals surface area (Å²) in [7, 11) is 0. The second kappa shape index (κ2) is 6.42. The summed E-state index contributed by atoms with van der Waals surface area (Å²) in [5.41, 5.74) is 1.21. The molecule has 1 aromatic carbocycles.